The Balaban J connectivity index is 1.37. The summed E-state index contributed by atoms with van der Waals surface area (Å²) in [5.41, 5.74) is 0.456. The van der Waals surface area contributed by atoms with Gasteiger partial charge in [-0.3, -0.25) is 4.79 Å². The Bertz CT molecular complexity index is 969. The summed E-state index contributed by atoms with van der Waals surface area (Å²) in [6, 6.07) is 0.358. The van der Waals surface area contributed by atoms with Gasteiger partial charge in [0.1, 0.15) is 17.6 Å². The van der Waals surface area contributed by atoms with Gasteiger partial charge < -0.3 is 25.3 Å². The fraction of sp³-hybridized carbons (Fsp3) is 0.833. The van der Waals surface area contributed by atoms with Crippen LogP contribution in [-0.2, 0) is 4.43 Å². The van der Waals surface area contributed by atoms with Crippen molar-refractivity contribution >= 4 is 26.0 Å². The lowest BCUT2D eigenvalue weighted by molar-refractivity contribution is 0.0909. The van der Waals surface area contributed by atoms with Gasteiger partial charge in [-0.25, -0.2) is 9.37 Å². The van der Waals surface area contributed by atoms with Gasteiger partial charge in [0.05, 0.1) is 0 Å². The third-order valence-electron chi connectivity index (χ3n) is 9.38. The molecule has 4 rings (SSSR count). The Kier molecular flexibility index (Phi) is 10.5. The molecule has 226 valence electrons. The highest BCUT2D eigenvalue weighted by atomic mass is 28.4. The van der Waals surface area contributed by atoms with Crippen LogP contribution in [0.15, 0.2) is 6.20 Å². The van der Waals surface area contributed by atoms with Gasteiger partial charge in [-0.2, -0.15) is 4.98 Å². The minimum atomic E-state index is -1.81. The molecule has 1 amide bonds. The minimum absolute atomic E-state index is 0.137. The Labute approximate surface area is 242 Å². The Morgan fingerprint density at radius 3 is 2.38 bits per heavy atom. The van der Waals surface area contributed by atoms with Gasteiger partial charge in [0.15, 0.2) is 8.32 Å². The van der Waals surface area contributed by atoms with E-state index >= 15 is 0 Å². The predicted octanol–water partition coefficient (Wildman–Crippen LogP) is 5.99. The molecule has 3 fully saturated rings. The number of piperidine rings is 1. The number of nitrogens with zero attached hydrogens (tertiary/aromatic N) is 3. The average Bonchev–Trinajstić information content (AvgIpc) is 3.73. The van der Waals surface area contributed by atoms with Crippen LogP contribution in [0.25, 0.3) is 0 Å². The van der Waals surface area contributed by atoms with Crippen molar-refractivity contribution in [2.24, 2.45) is 5.92 Å². The van der Waals surface area contributed by atoms with Crippen molar-refractivity contribution in [1.29, 1.82) is 0 Å². The van der Waals surface area contributed by atoms with E-state index in [4.69, 9.17) is 4.43 Å². The van der Waals surface area contributed by atoms with Crippen LogP contribution in [0.5, 0.6) is 0 Å². The number of hydrogen-bond donors (Lipinski definition) is 3. The fourth-order valence-electron chi connectivity index (χ4n) is 5.39. The van der Waals surface area contributed by atoms with Gasteiger partial charge in [0.2, 0.25) is 5.95 Å². The van der Waals surface area contributed by atoms with E-state index in [0.29, 0.717) is 23.8 Å². The molecule has 10 heteroatoms. The summed E-state index contributed by atoms with van der Waals surface area (Å²) in [7, 11) is -1.81. The maximum Gasteiger partial charge on any atom is 0.256 e. The first-order valence-electron chi connectivity index (χ1n) is 15.7. The third-order valence-corrected chi connectivity index (χ3v) is 13.9. The highest BCUT2D eigenvalue weighted by Crippen LogP contribution is 2.39. The number of rotatable bonds is 12. The molecule has 1 saturated heterocycles. The van der Waals surface area contributed by atoms with E-state index < -0.39 is 14.5 Å². The van der Waals surface area contributed by atoms with E-state index in [1.165, 1.54) is 19.4 Å². The molecule has 0 aromatic carbocycles. The van der Waals surface area contributed by atoms with Crippen molar-refractivity contribution in [3.8, 4) is 0 Å². The van der Waals surface area contributed by atoms with Crippen molar-refractivity contribution in [2.45, 2.75) is 128 Å². The molecule has 1 atom stereocenters. The van der Waals surface area contributed by atoms with Gasteiger partial charge in [0, 0.05) is 50.6 Å². The standard InChI is InChI=1S/C30H53FN6O2Si/c1-7-22(31)18-32-29-33-19-26(28(38)35-24-14-16-37(17-15-24)20-21-8-9-21)27(36-29)34-23-10-12-25(13-11-23)39-40(5,6)30(2,3)4/h19,21-25H,7-18,20H2,1-6H3,(H,35,38)(H2,32,33,34,36). The van der Waals surface area contributed by atoms with Crippen molar-refractivity contribution in [3.05, 3.63) is 11.8 Å². The summed E-state index contributed by atoms with van der Waals surface area (Å²) >= 11 is 0. The summed E-state index contributed by atoms with van der Waals surface area (Å²) in [5, 5.41) is 10.0. The van der Waals surface area contributed by atoms with E-state index in [2.05, 4.69) is 64.7 Å². The second-order valence-corrected chi connectivity index (χ2v) is 18.6. The maximum atomic E-state index is 13.9. The van der Waals surface area contributed by atoms with Crippen LogP contribution in [0.3, 0.4) is 0 Å². The molecule has 1 aliphatic heterocycles. The zero-order valence-corrected chi connectivity index (χ0v) is 26.7. The molecule has 1 aromatic heterocycles. The Hall–Kier alpha value is -1.78. The van der Waals surface area contributed by atoms with Gasteiger partial charge in [0.25, 0.3) is 5.91 Å². The molecule has 0 bridgehead atoms. The second kappa shape index (κ2) is 13.5. The maximum absolute atomic E-state index is 13.9. The zero-order chi connectivity index (χ0) is 28.9. The number of hydrogen-bond acceptors (Lipinski definition) is 7. The van der Waals surface area contributed by atoms with E-state index in [9.17, 15) is 9.18 Å². The first-order valence-corrected chi connectivity index (χ1v) is 18.6. The summed E-state index contributed by atoms with van der Waals surface area (Å²) in [6.45, 7) is 16.7. The van der Waals surface area contributed by atoms with Crippen molar-refractivity contribution in [1.82, 2.24) is 20.2 Å². The van der Waals surface area contributed by atoms with Gasteiger partial charge in [-0.15, -0.1) is 0 Å². The largest absolute Gasteiger partial charge is 0.414 e. The molecule has 3 N–H and O–H groups in total. The summed E-state index contributed by atoms with van der Waals surface area (Å²) < 4.78 is 20.6. The van der Waals surface area contributed by atoms with E-state index in [-0.39, 0.29) is 35.7 Å². The second-order valence-electron chi connectivity index (χ2n) is 13.8. The highest BCUT2D eigenvalue weighted by Gasteiger charge is 2.40. The van der Waals surface area contributed by atoms with E-state index in [0.717, 1.165) is 57.5 Å². The van der Waals surface area contributed by atoms with Gasteiger partial charge >= 0.3 is 0 Å². The monoisotopic (exact) mass is 576 g/mol. The van der Waals surface area contributed by atoms with E-state index in [1.807, 2.05) is 6.92 Å². The first kappa shape index (κ1) is 31.2. The van der Waals surface area contributed by atoms with Crippen LogP contribution in [0, 0.1) is 5.92 Å². The number of halogens is 1. The number of carbonyl (C=O) groups is 1. The molecule has 1 unspecified atom stereocenters. The van der Waals surface area contributed by atoms with Gasteiger partial charge in [-0.1, -0.05) is 27.7 Å². The summed E-state index contributed by atoms with van der Waals surface area (Å²) in [4.78, 5) is 25.0. The lowest BCUT2D eigenvalue weighted by Crippen LogP contribution is -2.45. The Morgan fingerprint density at radius 2 is 1.77 bits per heavy atom. The van der Waals surface area contributed by atoms with Crippen LogP contribution in [0.4, 0.5) is 16.2 Å². The molecule has 40 heavy (non-hydrogen) atoms. The number of nitrogens with one attached hydrogen (secondary N) is 3. The summed E-state index contributed by atoms with van der Waals surface area (Å²) in [6.07, 6.45) is 9.88. The molecule has 3 aliphatic rings. The number of aromatic nitrogens is 2. The normalized spacial score (nSPS) is 24.0. The zero-order valence-electron chi connectivity index (χ0n) is 25.7. The SMILES string of the molecule is CCC(F)CNc1ncc(C(=O)NC2CCN(CC3CC3)CC2)c(NC2CCC(O[Si](C)(C)C(C)(C)C)CC2)n1. The molecule has 8 nitrogen and oxygen atoms in total. The number of alkyl halides is 1. The van der Waals surface area contributed by atoms with Crippen molar-refractivity contribution < 1.29 is 13.6 Å². The summed E-state index contributed by atoms with van der Waals surface area (Å²) in [5.74, 6) is 1.63. The highest BCUT2D eigenvalue weighted by molar-refractivity contribution is 6.74. The number of anilines is 2. The molecule has 2 heterocycles. The van der Waals surface area contributed by atoms with Crippen LogP contribution in [0.2, 0.25) is 18.1 Å². The lowest BCUT2D eigenvalue weighted by Gasteiger charge is -2.41. The van der Waals surface area contributed by atoms with Crippen molar-refractivity contribution in [3.63, 3.8) is 0 Å². The first-order chi connectivity index (χ1) is 18.9. The molecular formula is C30H53FN6O2Si. The number of amides is 1. The average molecular weight is 577 g/mol. The van der Waals surface area contributed by atoms with Crippen molar-refractivity contribution in [2.75, 3.05) is 36.8 Å². The molecular weight excluding hydrogens is 523 g/mol. The number of likely N-dealkylation sites (tertiary alicyclic amines) is 1. The smallest absolute Gasteiger partial charge is 0.256 e. The molecule has 2 saturated carbocycles. The lowest BCUT2D eigenvalue weighted by atomic mass is 9.93. The molecule has 2 aliphatic carbocycles. The predicted molar refractivity (Wildman–Crippen MR) is 163 cm³/mol. The van der Waals surface area contributed by atoms with Crippen LogP contribution >= 0.6 is 0 Å². The quantitative estimate of drug-likeness (QED) is 0.264. The van der Waals surface area contributed by atoms with Crippen LogP contribution in [0.1, 0.15) is 95.8 Å². The molecule has 0 spiro atoms. The minimum Gasteiger partial charge on any atom is -0.414 e. The van der Waals surface area contributed by atoms with Crippen LogP contribution < -0.4 is 16.0 Å². The fourth-order valence-corrected chi connectivity index (χ4v) is 6.81. The Morgan fingerprint density at radius 1 is 1.10 bits per heavy atom. The van der Waals surface area contributed by atoms with Gasteiger partial charge in [-0.05, 0) is 81.8 Å². The molecule has 0 radical (unpaired) electrons. The third kappa shape index (κ3) is 8.86. The molecule has 1 aromatic rings. The number of carbonyl (C=O) groups excluding carboxylic acids is 1. The van der Waals surface area contributed by atoms with E-state index in [1.54, 1.807) is 6.20 Å². The van der Waals surface area contributed by atoms with Crippen LogP contribution in [-0.4, -0.2) is 79.6 Å². The topological polar surface area (TPSA) is 91.4 Å².